The van der Waals surface area contributed by atoms with Gasteiger partial charge in [-0.1, -0.05) is 11.8 Å². The second-order valence-corrected chi connectivity index (χ2v) is 5.00. The van der Waals surface area contributed by atoms with Gasteiger partial charge in [-0.2, -0.15) is 0 Å². The summed E-state index contributed by atoms with van der Waals surface area (Å²) in [6.07, 6.45) is 0.699. The fourth-order valence-electron chi connectivity index (χ4n) is 2.26. The summed E-state index contributed by atoms with van der Waals surface area (Å²) in [4.78, 5) is 13.9. The highest BCUT2D eigenvalue weighted by molar-refractivity contribution is 5.94. The summed E-state index contributed by atoms with van der Waals surface area (Å²) in [6, 6.07) is 5.43. The number of likely N-dealkylation sites (tertiary alicyclic amines) is 1. The molecule has 1 amide bonds. The molecule has 1 fully saturated rings. The zero-order valence-corrected chi connectivity index (χ0v) is 11.6. The van der Waals surface area contributed by atoms with Crippen molar-refractivity contribution in [2.24, 2.45) is 0 Å². The van der Waals surface area contributed by atoms with Gasteiger partial charge in [0, 0.05) is 30.6 Å². The number of carbonyl (C=O) groups is 1. The van der Waals surface area contributed by atoms with Crippen LogP contribution in [0.3, 0.4) is 0 Å². The molecule has 1 unspecified atom stereocenters. The van der Waals surface area contributed by atoms with Crippen molar-refractivity contribution in [3.63, 3.8) is 0 Å². The van der Waals surface area contributed by atoms with Gasteiger partial charge < -0.3 is 15.1 Å². The Morgan fingerprint density at radius 3 is 2.90 bits per heavy atom. The van der Waals surface area contributed by atoms with Crippen LogP contribution < -0.4 is 0 Å². The third-order valence-electron chi connectivity index (χ3n) is 3.38. The highest BCUT2D eigenvalue weighted by Crippen LogP contribution is 2.16. The lowest BCUT2D eigenvalue weighted by Crippen LogP contribution is -2.29. The molecule has 2 N–H and O–H groups in total. The van der Waals surface area contributed by atoms with Crippen LogP contribution in [0.4, 0.5) is 0 Å². The molecule has 1 aliphatic rings. The molecule has 4 nitrogen and oxygen atoms in total. The molecule has 1 aliphatic heterocycles. The SMILES string of the molecule is Cc1cc(C(=O)N2CCC(O)C2)ccc1C#CCCO. The predicted octanol–water partition coefficient (Wildman–Crippen LogP) is 0.936. The third kappa shape index (κ3) is 3.38. The first-order valence-electron chi connectivity index (χ1n) is 6.79. The number of aryl methyl sites for hydroxylation is 1. The second kappa shape index (κ2) is 6.56. The molecule has 4 heteroatoms. The smallest absolute Gasteiger partial charge is 0.253 e. The second-order valence-electron chi connectivity index (χ2n) is 5.00. The number of amides is 1. The molecule has 1 atom stereocenters. The average Bonchev–Trinajstić information content (AvgIpc) is 2.86. The van der Waals surface area contributed by atoms with Crippen molar-refractivity contribution in [1.29, 1.82) is 0 Å². The molecule has 1 saturated heterocycles. The van der Waals surface area contributed by atoms with E-state index in [1.54, 1.807) is 11.0 Å². The molecule has 20 heavy (non-hydrogen) atoms. The molecule has 0 aromatic heterocycles. The molecule has 2 rings (SSSR count). The van der Waals surface area contributed by atoms with Crippen molar-refractivity contribution in [2.75, 3.05) is 19.7 Å². The fourth-order valence-corrected chi connectivity index (χ4v) is 2.26. The summed E-state index contributed by atoms with van der Waals surface area (Å²) >= 11 is 0. The molecule has 0 saturated carbocycles. The lowest BCUT2D eigenvalue weighted by atomic mass is 10.0. The maximum atomic E-state index is 12.3. The minimum absolute atomic E-state index is 0.0421. The van der Waals surface area contributed by atoms with Crippen LogP contribution in [0, 0.1) is 18.8 Å². The highest BCUT2D eigenvalue weighted by atomic mass is 16.3. The monoisotopic (exact) mass is 273 g/mol. The third-order valence-corrected chi connectivity index (χ3v) is 3.38. The molecule has 106 valence electrons. The van der Waals surface area contributed by atoms with E-state index < -0.39 is 6.10 Å². The Morgan fingerprint density at radius 1 is 1.50 bits per heavy atom. The molecular formula is C16H19NO3. The number of β-amino-alcohol motifs (C(OH)–C–C–N with tert-alkyl or cyclic N) is 1. The number of hydrogen-bond acceptors (Lipinski definition) is 3. The lowest BCUT2D eigenvalue weighted by Gasteiger charge is -2.16. The van der Waals surface area contributed by atoms with Crippen molar-refractivity contribution in [3.8, 4) is 11.8 Å². The average molecular weight is 273 g/mol. The van der Waals surface area contributed by atoms with Crippen LogP contribution in [0.2, 0.25) is 0 Å². The van der Waals surface area contributed by atoms with Crippen LogP contribution in [-0.4, -0.2) is 46.8 Å². The van der Waals surface area contributed by atoms with Gasteiger partial charge in [-0.25, -0.2) is 0 Å². The number of hydrogen-bond donors (Lipinski definition) is 2. The minimum atomic E-state index is -0.399. The van der Waals surface area contributed by atoms with Crippen LogP contribution in [0.15, 0.2) is 18.2 Å². The zero-order chi connectivity index (χ0) is 14.5. The van der Waals surface area contributed by atoms with Gasteiger partial charge >= 0.3 is 0 Å². The van der Waals surface area contributed by atoms with Crippen molar-refractivity contribution in [1.82, 2.24) is 4.90 Å². The lowest BCUT2D eigenvalue weighted by molar-refractivity contribution is 0.0765. The van der Waals surface area contributed by atoms with E-state index in [2.05, 4.69) is 11.8 Å². The van der Waals surface area contributed by atoms with Gasteiger partial charge in [0.15, 0.2) is 0 Å². The molecular weight excluding hydrogens is 254 g/mol. The summed E-state index contributed by atoms with van der Waals surface area (Å²) in [7, 11) is 0. The standard InChI is InChI=1S/C16H19NO3/c1-12-10-14(6-5-13(12)4-2-3-9-18)16(20)17-8-7-15(19)11-17/h5-6,10,15,18-19H,3,7-9,11H2,1H3. The first-order valence-corrected chi connectivity index (χ1v) is 6.79. The zero-order valence-electron chi connectivity index (χ0n) is 11.6. The molecule has 1 aromatic rings. The van der Waals surface area contributed by atoms with Crippen LogP contribution in [-0.2, 0) is 0 Å². The molecule has 0 spiro atoms. The van der Waals surface area contributed by atoms with Crippen molar-refractivity contribution in [3.05, 3.63) is 34.9 Å². The number of aliphatic hydroxyl groups is 2. The summed E-state index contributed by atoms with van der Waals surface area (Å²) in [6.45, 7) is 2.99. The van der Waals surface area contributed by atoms with Crippen LogP contribution >= 0.6 is 0 Å². The maximum Gasteiger partial charge on any atom is 0.253 e. The van der Waals surface area contributed by atoms with E-state index in [1.165, 1.54) is 0 Å². The Morgan fingerprint density at radius 2 is 2.30 bits per heavy atom. The van der Waals surface area contributed by atoms with E-state index >= 15 is 0 Å². The Labute approximate surface area is 119 Å². The largest absolute Gasteiger partial charge is 0.395 e. The van der Waals surface area contributed by atoms with Gasteiger partial charge in [0.05, 0.1) is 12.7 Å². The molecule has 1 aromatic carbocycles. The number of carbonyl (C=O) groups excluding carboxylic acids is 1. The number of nitrogens with zero attached hydrogens (tertiary/aromatic N) is 1. The fraction of sp³-hybridized carbons (Fsp3) is 0.438. The Kier molecular flexibility index (Phi) is 4.78. The first kappa shape index (κ1) is 14.6. The number of aliphatic hydroxyl groups excluding tert-OH is 2. The Bertz CT molecular complexity index is 557. The molecule has 0 bridgehead atoms. The van der Waals surface area contributed by atoms with Gasteiger partial charge in [0.1, 0.15) is 0 Å². The number of rotatable bonds is 2. The van der Waals surface area contributed by atoms with Gasteiger partial charge in [0.25, 0.3) is 5.91 Å². The van der Waals surface area contributed by atoms with Crippen molar-refractivity contribution >= 4 is 5.91 Å². The van der Waals surface area contributed by atoms with Crippen LogP contribution in [0.1, 0.15) is 34.3 Å². The molecule has 0 radical (unpaired) electrons. The van der Waals surface area contributed by atoms with E-state index in [9.17, 15) is 9.90 Å². The van der Waals surface area contributed by atoms with E-state index in [4.69, 9.17) is 5.11 Å². The van der Waals surface area contributed by atoms with E-state index in [0.29, 0.717) is 31.5 Å². The molecule has 1 heterocycles. The van der Waals surface area contributed by atoms with Crippen molar-refractivity contribution < 1.29 is 15.0 Å². The summed E-state index contributed by atoms with van der Waals surface area (Å²) < 4.78 is 0. The van der Waals surface area contributed by atoms with E-state index in [-0.39, 0.29) is 12.5 Å². The predicted molar refractivity (Wildman–Crippen MR) is 76.3 cm³/mol. The first-order chi connectivity index (χ1) is 9.61. The maximum absolute atomic E-state index is 12.3. The van der Waals surface area contributed by atoms with Crippen molar-refractivity contribution in [2.45, 2.75) is 25.9 Å². The summed E-state index contributed by atoms with van der Waals surface area (Å²) in [5.41, 5.74) is 2.45. The Hall–Kier alpha value is -1.83. The topological polar surface area (TPSA) is 60.8 Å². The number of benzene rings is 1. The Balaban J connectivity index is 2.13. The summed E-state index contributed by atoms with van der Waals surface area (Å²) in [5.74, 6) is 5.81. The van der Waals surface area contributed by atoms with Gasteiger partial charge in [-0.15, -0.1) is 0 Å². The van der Waals surface area contributed by atoms with Gasteiger partial charge in [-0.3, -0.25) is 4.79 Å². The highest BCUT2D eigenvalue weighted by Gasteiger charge is 2.25. The van der Waals surface area contributed by atoms with Gasteiger partial charge in [-0.05, 0) is 37.1 Å². The summed E-state index contributed by atoms with van der Waals surface area (Å²) in [5, 5.41) is 18.2. The van der Waals surface area contributed by atoms with Gasteiger partial charge in [0.2, 0.25) is 0 Å². The van der Waals surface area contributed by atoms with Crippen LogP contribution in [0.5, 0.6) is 0 Å². The normalized spacial score (nSPS) is 17.8. The molecule has 0 aliphatic carbocycles. The van der Waals surface area contributed by atoms with E-state index in [1.807, 2.05) is 19.1 Å². The minimum Gasteiger partial charge on any atom is -0.395 e. The van der Waals surface area contributed by atoms with E-state index in [0.717, 1.165) is 11.1 Å². The van der Waals surface area contributed by atoms with Crippen LogP contribution in [0.25, 0.3) is 0 Å². The quantitative estimate of drug-likeness (QED) is 0.788.